The summed E-state index contributed by atoms with van der Waals surface area (Å²) in [5.41, 5.74) is 5.04. The summed E-state index contributed by atoms with van der Waals surface area (Å²) in [6, 6.07) is 0. The van der Waals surface area contributed by atoms with E-state index in [9.17, 15) is 0 Å². The molecule has 0 heterocycles. The summed E-state index contributed by atoms with van der Waals surface area (Å²) < 4.78 is 0. The topological polar surface area (TPSA) is 62.2 Å². The molecule has 3 heteroatoms. The number of rotatable bonds is 3. The van der Waals surface area contributed by atoms with Crippen LogP contribution >= 0.6 is 0 Å². The molecule has 0 saturated carbocycles. The van der Waals surface area contributed by atoms with Gasteiger partial charge in [0.15, 0.2) is 0 Å². The van der Waals surface area contributed by atoms with E-state index in [0.29, 0.717) is 13.1 Å². The number of nitrogens with one attached hydrogen (secondary N) is 1. The Kier molecular flexibility index (Phi) is 4.77. The van der Waals surface area contributed by atoms with Crippen LogP contribution in [-0.2, 0) is 0 Å². The van der Waals surface area contributed by atoms with E-state index in [1.165, 1.54) is 6.21 Å². The van der Waals surface area contributed by atoms with Crippen molar-refractivity contribution in [2.24, 2.45) is 10.7 Å². The number of nitrogens with zero attached hydrogens (tertiary/aromatic N) is 1. The van der Waals surface area contributed by atoms with Gasteiger partial charge in [0.25, 0.3) is 0 Å². The van der Waals surface area contributed by atoms with Crippen molar-refractivity contribution in [3.8, 4) is 0 Å². The lowest BCUT2D eigenvalue weighted by Crippen LogP contribution is -1.99. The van der Waals surface area contributed by atoms with Gasteiger partial charge in [0.1, 0.15) is 0 Å². The minimum Gasteiger partial charge on any atom is -0.326 e. The molecule has 0 aromatic rings. The molecule has 0 aliphatic rings. The van der Waals surface area contributed by atoms with E-state index < -0.39 is 0 Å². The molecule has 0 unspecified atom stereocenters. The zero-order valence-electron chi connectivity index (χ0n) is 4.09. The highest BCUT2D eigenvalue weighted by molar-refractivity contribution is 5.64. The van der Waals surface area contributed by atoms with Crippen LogP contribution in [0, 0.1) is 5.41 Å². The maximum Gasteiger partial charge on any atom is 0.0731 e. The summed E-state index contributed by atoms with van der Waals surface area (Å²) in [5, 5.41) is 6.50. The van der Waals surface area contributed by atoms with Gasteiger partial charge in [-0.05, 0) is 0 Å². The molecule has 7 heavy (non-hydrogen) atoms. The molecule has 0 rings (SSSR count). The fourth-order valence-corrected chi connectivity index (χ4v) is 0.202. The standard InChI is InChI=1S/C4H9N3/c5-1-3-7-4-2-6/h1,4-5H,2-3,6H2. The highest BCUT2D eigenvalue weighted by Crippen LogP contribution is 1.56. The zero-order chi connectivity index (χ0) is 5.54. The second kappa shape index (κ2) is 5.30. The Morgan fingerprint density at radius 2 is 2.43 bits per heavy atom. The molecule has 0 amide bonds. The molecule has 3 N–H and O–H groups in total. The summed E-state index contributed by atoms with van der Waals surface area (Å²) in [4.78, 5) is 3.72. The van der Waals surface area contributed by atoms with Crippen molar-refractivity contribution < 1.29 is 0 Å². The van der Waals surface area contributed by atoms with Gasteiger partial charge in [-0.1, -0.05) is 0 Å². The smallest absolute Gasteiger partial charge is 0.0731 e. The van der Waals surface area contributed by atoms with E-state index >= 15 is 0 Å². The van der Waals surface area contributed by atoms with Crippen LogP contribution in [0.5, 0.6) is 0 Å². The van der Waals surface area contributed by atoms with Crippen LogP contribution in [0.15, 0.2) is 4.99 Å². The monoisotopic (exact) mass is 99.1 g/mol. The Labute approximate surface area is 42.8 Å². The SMILES string of the molecule is N=CCN=CCN. The van der Waals surface area contributed by atoms with Crippen molar-refractivity contribution in [1.29, 1.82) is 5.41 Å². The van der Waals surface area contributed by atoms with E-state index in [-0.39, 0.29) is 0 Å². The van der Waals surface area contributed by atoms with E-state index in [2.05, 4.69) is 4.99 Å². The molecule has 40 valence electrons. The highest BCUT2D eigenvalue weighted by atomic mass is 14.7. The third-order valence-electron chi connectivity index (χ3n) is 0.431. The average Bonchev–Trinajstić information content (AvgIpc) is 1.69. The predicted octanol–water partition coefficient (Wildman–Crippen LogP) is -0.335. The zero-order valence-corrected chi connectivity index (χ0v) is 4.09. The van der Waals surface area contributed by atoms with Gasteiger partial charge in [-0.3, -0.25) is 4.99 Å². The van der Waals surface area contributed by atoms with Crippen LogP contribution in [0.2, 0.25) is 0 Å². The third kappa shape index (κ3) is 5.30. The Balaban J connectivity index is 2.92. The maximum atomic E-state index is 6.50. The lowest BCUT2D eigenvalue weighted by atomic mass is 10.7. The number of nitrogens with two attached hydrogens (primary N) is 1. The predicted molar refractivity (Wildman–Crippen MR) is 31.2 cm³/mol. The second-order valence-electron chi connectivity index (χ2n) is 0.988. The van der Waals surface area contributed by atoms with Gasteiger partial charge in [0.05, 0.1) is 6.54 Å². The largest absolute Gasteiger partial charge is 0.326 e. The summed E-state index contributed by atoms with van der Waals surface area (Å²) in [6.45, 7) is 0.922. The molecule has 0 spiro atoms. The lowest BCUT2D eigenvalue weighted by Gasteiger charge is -1.76. The second-order valence-corrected chi connectivity index (χ2v) is 0.988. The van der Waals surface area contributed by atoms with Crippen molar-refractivity contribution in [1.82, 2.24) is 0 Å². The minimum absolute atomic E-state index is 0.456. The fraction of sp³-hybridized carbons (Fsp3) is 0.500. The van der Waals surface area contributed by atoms with Crippen LogP contribution in [-0.4, -0.2) is 25.5 Å². The van der Waals surface area contributed by atoms with Crippen molar-refractivity contribution in [2.45, 2.75) is 0 Å². The summed E-state index contributed by atoms with van der Waals surface area (Å²) in [5.74, 6) is 0. The van der Waals surface area contributed by atoms with Crippen molar-refractivity contribution >= 4 is 12.4 Å². The average molecular weight is 99.1 g/mol. The maximum absolute atomic E-state index is 6.50. The molecule has 0 aromatic carbocycles. The van der Waals surface area contributed by atoms with Gasteiger partial charge in [-0.25, -0.2) is 0 Å². The van der Waals surface area contributed by atoms with Gasteiger partial charge >= 0.3 is 0 Å². The highest BCUT2D eigenvalue weighted by Gasteiger charge is 1.64. The Morgan fingerprint density at radius 3 is 2.86 bits per heavy atom. The van der Waals surface area contributed by atoms with Gasteiger partial charge < -0.3 is 11.1 Å². The molecular formula is C4H9N3. The number of hydrogen-bond acceptors (Lipinski definition) is 3. The summed E-state index contributed by atoms with van der Waals surface area (Å²) >= 11 is 0. The van der Waals surface area contributed by atoms with E-state index in [1.54, 1.807) is 6.21 Å². The number of aliphatic imine (C=N–C) groups is 1. The summed E-state index contributed by atoms with van der Waals surface area (Å²) in [6.07, 6.45) is 2.82. The minimum atomic E-state index is 0.456. The normalized spacial score (nSPS) is 9.86. The first-order valence-electron chi connectivity index (χ1n) is 2.09. The van der Waals surface area contributed by atoms with Crippen LogP contribution < -0.4 is 5.73 Å². The quantitative estimate of drug-likeness (QED) is 0.467. The first kappa shape index (κ1) is 6.30. The van der Waals surface area contributed by atoms with Crippen molar-refractivity contribution in [3.63, 3.8) is 0 Å². The van der Waals surface area contributed by atoms with Crippen LogP contribution in [0.1, 0.15) is 0 Å². The Hall–Kier alpha value is -0.700. The summed E-state index contributed by atoms with van der Waals surface area (Å²) in [7, 11) is 0. The van der Waals surface area contributed by atoms with E-state index in [1.807, 2.05) is 0 Å². The molecule has 0 aromatic heterocycles. The third-order valence-corrected chi connectivity index (χ3v) is 0.431. The molecule has 3 nitrogen and oxygen atoms in total. The van der Waals surface area contributed by atoms with E-state index in [0.717, 1.165) is 0 Å². The van der Waals surface area contributed by atoms with Gasteiger partial charge in [0, 0.05) is 19.0 Å². The molecule has 0 aliphatic heterocycles. The first-order valence-corrected chi connectivity index (χ1v) is 2.09. The van der Waals surface area contributed by atoms with Gasteiger partial charge in [-0.2, -0.15) is 0 Å². The molecule has 0 saturated heterocycles. The molecule has 0 fully saturated rings. The molecule has 0 atom stereocenters. The van der Waals surface area contributed by atoms with E-state index in [4.69, 9.17) is 11.1 Å². The molecular weight excluding hydrogens is 90.1 g/mol. The van der Waals surface area contributed by atoms with Crippen molar-refractivity contribution in [3.05, 3.63) is 0 Å². The van der Waals surface area contributed by atoms with Gasteiger partial charge in [-0.15, -0.1) is 0 Å². The Bertz CT molecular complexity index is 67.3. The first-order chi connectivity index (χ1) is 3.41. The molecule has 0 aliphatic carbocycles. The fourth-order valence-electron chi connectivity index (χ4n) is 0.202. The molecule has 0 radical (unpaired) electrons. The Morgan fingerprint density at radius 1 is 1.71 bits per heavy atom. The molecule has 0 bridgehead atoms. The van der Waals surface area contributed by atoms with Crippen LogP contribution in [0.25, 0.3) is 0 Å². The lowest BCUT2D eigenvalue weighted by molar-refractivity contribution is 1.26. The van der Waals surface area contributed by atoms with Gasteiger partial charge in [0.2, 0.25) is 0 Å². The van der Waals surface area contributed by atoms with Crippen molar-refractivity contribution in [2.75, 3.05) is 13.1 Å². The van der Waals surface area contributed by atoms with Crippen LogP contribution in [0.4, 0.5) is 0 Å². The number of hydrogen-bond donors (Lipinski definition) is 2. The van der Waals surface area contributed by atoms with Crippen LogP contribution in [0.3, 0.4) is 0 Å².